The molecule has 0 aliphatic heterocycles. The summed E-state index contributed by atoms with van der Waals surface area (Å²) in [5.41, 5.74) is 7.08. The maximum Gasteiger partial charge on any atom is 0.326 e. The van der Waals surface area contributed by atoms with Crippen LogP contribution in [0.1, 0.15) is 37.8 Å². The van der Waals surface area contributed by atoms with Crippen molar-refractivity contribution in [2.45, 2.75) is 63.7 Å². The molecule has 4 atom stereocenters. The normalized spacial score (nSPS) is 13.9. The molecule has 2 aromatic rings. The highest BCUT2D eigenvalue weighted by Gasteiger charge is 2.32. The smallest absolute Gasteiger partial charge is 0.326 e. The molecule has 222 valence electrons. The largest absolute Gasteiger partial charge is 0.508 e. The lowest BCUT2D eigenvalue weighted by Crippen LogP contribution is -2.58. The van der Waals surface area contributed by atoms with E-state index in [9.17, 15) is 44.4 Å². The molecule has 13 heteroatoms. The van der Waals surface area contributed by atoms with Gasteiger partial charge in [0.2, 0.25) is 17.7 Å². The maximum atomic E-state index is 13.2. The lowest BCUT2D eigenvalue weighted by Gasteiger charge is -2.25. The first-order chi connectivity index (χ1) is 19.2. The lowest BCUT2D eigenvalue weighted by molar-refractivity contribution is -0.143. The summed E-state index contributed by atoms with van der Waals surface area (Å²) in [5.74, 6) is -5.38. The molecule has 4 unspecified atom stereocenters. The highest BCUT2D eigenvalue weighted by molar-refractivity contribution is 5.95. The van der Waals surface area contributed by atoms with Gasteiger partial charge in [-0.25, -0.2) is 4.79 Å². The molecule has 0 aromatic heterocycles. The van der Waals surface area contributed by atoms with Gasteiger partial charge in [-0.15, -0.1) is 0 Å². The summed E-state index contributed by atoms with van der Waals surface area (Å²) >= 11 is 0. The second-order valence-corrected chi connectivity index (χ2v) is 10.1. The fraction of sp³-hybridized carbons (Fsp3) is 0.393. The third kappa shape index (κ3) is 11.2. The van der Waals surface area contributed by atoms with Crippen molar-refractivity contribution in [2.24, 2.45) is 11.7 Å². The van der Waals surface area contributed by atoms with Gasteiger partial charge in [-0.3, -0.25) is 19.2 Å². The van der Waals surface area contributed by atoms with E-state index in [1.54, 1.807) is 26.0 Å². The first-order valence-corrected chi connectivity index (χ1v) is 12.9. The number of carbonyl (C=O) groups excluding carboxylic acids is 3. The number of carboxylic acids is 2. The van der Waals surface area contributed by atoms with Gasteiger partial charge in [0, 0.05) is 6.42 Å². The Bertz CT molecular complexity index is 1220. The first kappa shape index (κ1) is 32.6. The van der Waals surface area contributed by atoms with Crippen LogP contribution in [0, 0.1) is 5.92 Å². The van der Waals surface area contributed by atoms with Gasteiger partial charge in [0.15, 0.2) is 0 Å². The maximum absolute atomic E-state index is 13.2. The van der Waals surface area contributed by atoms with Gasteiger partial charge in [0.05, 0.1) is 12.5 Å². The van der Waals surface area contributed by atoms with Crippen molar-refractivity contribution in [3.05, 3.63) is 59.7 Å². The number of nitrogens with two attached hydrogens (primary N) is 1. The fourth-order valence-electron chi connectivity index (χ4n) is 3.96. The summed E-state index contributed by atoms with van der Waals surface area (Å²) in [6.07, 6.45) is -0.786. The van der Waals surface area contributed by atoms with E-state index in [2.05, 4.69) is 16.0 Å². The number of aliphatic carboxylic acids is 2. The predicted octanol–water partition coefficient (Wildman–Crippen LogP) is 0.270. The van der Waals surface area contributed by atoms with Gasteiger partial charge in [-0.1, -0.05) is 38.1 Å². The third-order valence-electron chi connectivity index (χ3n) is 6.07. The lowest BCUT2D eigenvalue weighted by atomic mass is 10.0. The number of hydrogen-bond donors (Lipinski definition) is 8. The number of carboxylic acid groups (broad SMARTS) is 2. The summed E-state index contributed by atoms with van der Waals surface area (Å²) < 4.78 is 0. The Morgan fingerprint density at radius 1 is 0.683 bits per heavy atom. The number of hydrogen-bond acceptors (Lipinski definition) is 8. The molecular formula is C28H36N4O9. The zero-order chi connectivity index (χ0) is 30.7. The SMILES string of the molecule is CC(C)CC(NC(=O)C(Cc1ccc(O)cc1)NC(=O)C(CC(=O)O)NC(=O)C(N)Cc1ccc(O)cc1)C(=O)O. The van der Waals surface area contributed by atoms with Crippen LogP contribution in [0.3, 0.4) is 0 Å². The molecule has 0 bridgehead atoms. The minimum Gasteiger partial charge on any atom is -0.508 e. The van der Waals surface area contributed by atoms with Crippen molar-refractivity contribution < 1.29 is 44.4 Å². The van der Waals surface area contributed by atoms with Gasteiger partial charge in [0.1, 0.15) is 29.6 Å². The molecule has 0 spiro atoms. The van der Waals surface area contributed by atoms with Crippen LogP contribution in [0.5, 0.6) is 11.5 Å². The van der Waals surface area contributed by atoms with Crippen LogP contribution >= 0.6 is 0 Å². The van der Waals surface area contributed by atoms with Crippen LogP contribution in [0.15, 0.2) is 48.5 Å². The quantitative estimate of drug-likeness (QED) is 0.145. The van der Waals surface area contributed by atoms with Crippen LogP contribution in [0.25, 0.3) is 0 Å². The molecule has 2 rings (SSSR count). The molecular weight excluding hydrogens is 536 g/mol. The van der Waals surface area contributed by atoms with Crippen molar-refractivity contribution in [3.8, 4) is 11.5 Å². The van der Waals surface area contributed by atoms with Crippen LogP contribution in [-0.4, -0.2) is 74.3 Å². The molecule has 0 saturated heterocycles. The average molecular weight is 573 g/mol. The predicted molar refractivity (Wildman–Crippen MR) is 147 cm³/mol. The Morgan fingerprint density at radius 2 is 1.12 bits per heavy atom. The van der Waals surface area contributed by atoms with E-state index < -0.39 is 60.2 Å². The van der Waals surface area contributed by atoms with Gasteiger partial charge < -0.3 is 42.1 Å². The molecule has 0 heterocycles. The highest BCUT2D eigenvalue weighted by atomic mass is 16.4. The number of nitrogens with one attached hydrogen (secondary N) is 3. The Balaban J connectivity index is 2.23. The summed E-state index contributed by atoms with van der Waals surface area (Å²) in [6, 6.07) is 6.33. The fourth-order valence-corrected chi connectivity index (χ4v) is 3.96. The van der Waals surface area contributed by atoms with E-state index in [0.717, 1.165) is 0 Å². The third-order valence-corrected chi connectivity index (χ3v) is 6.07. The van der Waals surface area contributed by atoms with Crippen LogP contribution in [0.2, 0.25) is 0 Å². The van der Waals surface area contributed by atoms with Crippen molar-refractivity contribution in [2.75, 3.05) is 0 Å². The Labute approximate surface area is 236 Å². The topological polar surface area (TPSA) is 228 Å². The summed E-state index contributed by atoms with van der Waals surface area (Å²) in [5, 5.41) is 45.0. The van der Waals surface area contributed by atoms with E-state index in [1.807, 2.05) is 0 Å². The molecule has 41 heavy (non-hydrogen) atoms. The van der Waals surface area contributed by atoms with Crippen LogP contribution in [0.4, 0.5) is 0 Å². The molecule has 13 nitrogen and oxygen atoms in total. The molecule has 0 radical (unpaired) electrons. The van der Waals surface area contributed by atoms with Crippen molar-refractivity contribution in [1.29, 1.82) is 0 Å². The van der Waals surface area contributed by atoms with E-state index in [4.69, 9.17) is 5.73 Å². The van der Waals surface area contributed by atoms with Crippen molar-refractivity contribution in [3.63, 3.8) is 0 Å². The van der Waals surface area contributed by atoms with Crippen molar-refractivity contribution >= 4 is 29.7 Å². The molecule has 0 saturated carbocycles. The second kappa shape index (κ2) is 15.2. The van der Waals surface area contributed by atoms with Gasteiger partial charge in [-0.2, -0.15) is 0 Å². The molecule has 9 N–H and O–H groups in total. The number of aromatic hydroxyl groups is 2. The van der Waals surface area contributed by atoms with E-state index in [-0.39, 0.29) is 36.7 Å². The Morgan fingerprint density at radius 3 is 1.59 bits per heavy atom. The molecule has 0 aliphatic rings. The van der Waals surface area contributed by atoms with E-state index in [1.165, 1.54) is 36.4 Å². The number of phenolic OH excluding ortho intramolecular Hbond substituents is 2. The van der Waals surface area contributed by atoms with Gasteiger partial charge in [0.25, 0.3) is 0 Å². The Hall–Kier alpha value is -4.65. The highest BCUT2D eigenvalue weighted by Crippen LogP contribution is 2.14. The molecule has 3 amide bonds. The van der Waals surface area contributed by atoms with E-state index in [0.29, 0.717) is 11.1 Å². The second-order valence-electron chi connectivity index (χ2n) is 10.1. The number of amides is 3. The van der Waals surface area contributed by atoms with Crippen LogP contribution in [-0.2, 0) is 36.8 Å². The zero-order valence-corrected chi connectivity index (χ0v) is 22.7. The number of carbonyl (C=O) groups is 5. The Kier molecular flexibility index (Phi) is 12.1. The van der Waals surface area contributed by atoms with Gasteiger partial charge in [-0.05, 0) is 54.2 Å². The van der Waals surface area contributed by atoms with E-state index >= 15 is 0 Å². The first-order valence-electron chi connectivity index (χ1n) is 12.9. The van der Waals surface area contributed by atoms with Crippen LogP contribution < -0.4 is 21.7 Å². The standard InChI is InChI=1S/C28H36N4O9/c1-15(2)11-23(28(40)41)32-26(38)21(13-17-5-9-19(34)10-6-17)31-27(39)22(14-24(35)36)30-25(37)20(29)12-16-3-7-18(33)8-4-16/h3-10,15,20-23,33-34H,11-14,29H2,1-2H3,(H,30,37)(H,31,39)(H,32,38)(H,35,36)(H,40,41). The molecule has 2 aromatic carbocycles. The summed E-state index contributed by atoms with van der Waals surface area (Å²) in [6.45, 7) is 3.56. The van der Waals surface area contributed by atoms with Gasteiger partial charge >= 0.3 is 11.9 Å². The monoisotopic (exact) mass is 572 g/mol. The zero-order valence-electron chi connectivity index (χ0n) is 22.7. The number of phenols is 2. The molecule has 0 aliphatic carbocycles. The minimum absolute atomic E-state index is 0.0229. The number of benzene rings is 2. The molecule has 0 fully saturated rings. The summed E-state index contributed by atoms with van der Waals surface area (Å²) in [4.78, 5) is 62.3. The summed E-state index contributed by atoms with van der Waals surface area (Å²) in [7, 11) is 0. The van der Waals surface area contributed by atoms with Crippen molar-refractivity contribution in [1.82, 2.24) is 16.0 Å². The minimum atomic E-state index is -1.60. The average Bonchev–Trinajstić information content (AvgIpc) is 2.89. The number of rotatable bonds is 15.